The maximum absolute atomic E-state index is 14.1. The van der Waals surface area contributed by atoms with Gasteiger partial charge in [0.1, 0.15) is 11.4 Å². The van der Waals surface area contributed by atoms with Crippen molar-refractivity contribution in [2.75, 3.05) is 33.4 Å². The van der Waals surface area contributed by atoms with Crippen molar-refractivity contribution >= 4 is 22.6 Å². The molecule has 2 saturated carbocycles. The molecule has 3 aromatic rings. The van der Waals surface area contributed by atoms with Crippen molar-refractivity contribution in [1.29, 1.82) is 0 Å². The Hall–Kier alpha value is -3.57. The smallest absolute Gasteiger partial charge is 0.303 e. The van der Waals surface area contributed by atoms with E-state index in [0.717, 1.165) is 96.9 Å². The van der Waals surface area contributed by atoms with Gasteiger partial charge < -0.3 is 30.4 Å². The van der Waals surface area contributed by atoms with E-state index in [1.807, 2.05) is 24.3 Å². The first kappa shape index (κ1) is 35.3. The summed E-state index contributed by atoms with van der Waals surface area (Å²) in [5, 5.41) is 14.7. The van der Waals surface area contributed by atoms with Crippen molar-refractivity contribution in [3.63, 3.8) is 0 Å². The highest BCUT2D eigenvalue weighted by Gasteiger charge is 2.51. The lowest BCUT2D eigenvalue weighted by Crippen LogP contribution is -2.51. The number of alkyl halides is 1. The van der Waals surface area contributed by atoms with Crippen LogP contribution in [0.1, 0.15) is 75.8 Å². The number of benzene rings is 3. The molecule has 0 aromatic heterocycles. The molecule has 2 aliphatic carbocycles. The van der Waals surface area contributed by atoms with Crippen LogP contribution in [-0.4, -0.2) is 78.3 Å². The van der Waals surface area contributed by atoms with Gasteiger partial charge in [0, 0.05) is 50.5 Å². The number of hydrogen-bond acceptors (Lipinski definition) is 7. The van der Waals surface area contributed by atoms with Gasteiger partial charge in [-0.3, -0.25) is 14.5 Å². The Labute approximate surface area is 288 Å². The number of rotatable bonds is 10. The molecular weight excluding hydrogens is 625 g/mol. The molecule has 9 nitrogen and oxygen atoms in total. The van der Waals surface area contributed by atoms with Crippen molar-refractivity contribution in [2.45, 2.75) is 101 Å². The van der Waals surface area contributed by atoms with Gasteiger partial charge in [0.05, 0.1) is 25.9 Å². The van der Waals surface area contributed by atoms with Gasteiger partial charge in [0.2, 0.25) is 5.91 Å². The number of carboxylic acids is 1. The molecule has 0 atom stereocenters. The fourth-order valence-electron chi connectivity index (χ4n) is 7.53. The van der Waals surface area contributed by atoms with Crippen LogP contribution >= 0.6 is 0 Å². The van der Waals surface area contributed by atoms with Crippen LogP contribution in [0.3, 0.4) is 0 Å². The minimum atomic E-state index is -1.05. The third kappa shape index (κ3) is 8.43. The number of piperidine rings is 1. The van der Waals surface area contributed by atoms with Gasteiger partial charge in [-0.1, -0.05) is 48.5 Å². The average molecular weight is 676 g/mol. The molecule has 2 aliphatic heterocycles. The van der Waals surface area contributed by atoms with E-state index in [1.54, 1.807) is 14.0 Å². The summed E-state index contributed by atoms with van der Waals surface area (Å²) in [6.07, 6.45) is 7.35. The highest BCUT2D eigenvalue weighted by atomic mass is 19.1. The second kappa shape index (κ2) is 14.7. The molecule has 4 N–H and O–H groups in total. The van der Waals surface area contributed by atoms with Gasteiger partial charge in [0.15, 0.2) is 5.79 Å². The number of carbonyl (C=O) groups excluding carboxylic acids is 1. The molecule has 1 amide bonds. The monoisotopic (exact) mass is 675 g/mol. The van der Waals surface area contributed by atoms with Crippen LogP contribution in [0, 0.1) is 0 Å². The van der Waals surface area contributed by atoms with Gasteiger partial charge in [-0.05, 0) is 85.4 Å². The highest BCUT2D eigenvalue weighted by Crippen LogP contribution is 2.41. The summed E-state index contributed by atoms with van der Waals surface area (Å²) >= 11 is 0. The quantitative estimate of drug-likeness (QED) is 0.234. The Morgan fingerprint density at radius 3 is 2.27 bits per heavy atom. The fourth-order valence-corrected chi connectivity index (χ4v) is 7.53. The topological polar surface area (TPSA) is 123 Å². The number of likely N-dealkylation sites (tertiary alicyclic amines) is 1. The van der Waals surface area contributed by atoms with Crippen LogP contribution in [0.2, 0.25) is 0 Å². The van der Waals surface area contributed by atoms with Crippen LogP contribution in [-0.2, 0) is 32.0 Å². The van der Waals surface area contributed by atoms with E-state index in [1.165, 1.54) is 0 Å². The largest absolute Gasteiger partial charge is 0.496 e. The summed E-state index contributed by atoms with van der Waals surface area (Å²) in [4.78, 5) is 24.7. The molecule has 2 heterocycles. The van der Waals surface area contributed by atoms with Crippen LogP contribution in [0.15, 0.2) is 54.6 Å². The summed E-state index contributed by atoms with van der Waals surface area (Å²) in [5.41, 5.74) is 8.23. The molecular formula is C39H50FN3O6. The van der Waals surface area contributed by atoms with Crippen molar-refractivity contribution in [3.8, 4) is 16.9 Å². The second-order valence-electron chi connectivity index (χ2n) is 14.4. The number of halogens is 1. The number of carbonyl (C=O) groups is 2. The average Bonchev–Trinajstić information content (AvgIpc) is 3.75. The summed E-state index contributed by atoms with van der Waals surface area (Å²) in [6.45, 7) is 5.42. The maximum Gasteiger partial charge on any atom is 0.303 e. The van der Waals surface area contributed by atoms with Crippen molar-refractivity contribution < 1.29 is 33.3 Å². The van der Waals surface area contributed by atoms with Crippen LogP contribution < -0.4 is 15.8 Å². The van der Waals surface area contributed by atoms with E-state index in [2.05, 4.69) is 40.5 Å². The van der Waals surface area contributed by atoms with E-state index in [4.69, 9.17) is 25.1 Å². The lowest BCUT2D eigenvalue weighted by molar-refractivity contribution is -0.179. The first-order valence-electron chi connectivity index (χ1n) is 17.7. The summed E-state index contributed by atoms with van der Waals surface area (Å²) < 4.78 is 31.2. The zero-order valence-corrected chi connectivity index (χ0v) is 28.8. The van der Waals surface area contributed by atoms with Crippen molar-refractivity contribution in [2.24, 2.45) is 5.73 Å². The molecule has 49 heavy (non-hydrogen) atoms. The minimum Gasteiger partial charge on any atom is -0.496 e. The van der Waals surface area contributed by atoms with Crippen LogP contribution in [0.4, 0.5) is 4.39 Å². The first-order chi connectivity index (χ1) is 23.5. The number of nitrogens with zero attached hydrogens (tertiary/aromatic N) is 1. The van der Waals surface area contributed by atoms with Crippen LogP contribution in [0.25, 0.3) is 21.9 Å². The van der Waals surface area contributed by atoms with E-state index >= 15 is 0 Å². The zero-order chi connectivity index (χ0) is 34.6. The molecule has 0 radical (unpaired) electrons. The number of carboxylic acid groups (broad SMARTS) is 1. The lowest BCUT2D eigenvalue weighted by Gasteiger charge is -2.36. The zero-order valence-electron chi connectivity index (χ0n) is 28.8. The van der Waals surface area contributed by atoms with Crippen LogP contribution in [0.5, 0.6) is 5.75 Å². The lowest BCUT2D eigenvalue weighted by atomic mass is 9.89. The number of ether oxygens (including phenoxy) is 3. The van der Waals surface area contributed by atoms with Gasteiger partial charge in [0.25, 0.3) is 0 Å². The molecule has 4 fully saturated rings. The Kier molecular flexibility index (Phi) is 10.6. The van der Waals surface area contributed by atoms with Crippen molar-refractivity contribution in [1.82, 2.24) is 10.2 Å². The Morgan fingerprint density at radius 2 is 1.63 bits per heavy atom. The number of nitrogens with one attached hydrogen (secondary N) is 1. The van der Waals surface area contributed by atoms with Crippen molar-refractivity contribution in [3.05, 3.63) is 65.7 Å². The van der Waals surface area contributed by atoms with E-state index in [0.29, 0.717) is 38.5 Å². The Bertz CT molecular complexity index is 1630. The fraction of sp³-hybridized carbons (Fsp3) is 0.538. The maximum atomic E-state index is 14.1. The molecule has 3 aromatic carbocycles. The summed E-state index contributed by atoms with van der Waals surface area (Å²) in [6, 6.07) is 18.9. The standard InChI is InChI=1S/C27H30FNO3.C12H20N2O3/c1-27(28)13-15-29(16-14-27)18-19-9-11-24(25(17-19)32-2)23-8-4-6-21-20(10-12-26(30)31)5-3-7-22(21)23;13-10(15)11(5-6-11)14-9-1-3-12(4-2-9)16-7-8-17-12/h3-9,11,17H,10,12-16,18H2,1-2H3,(H,30,31);9,14H,1-8H2,(H2,13,15). The summed E-state index contributed by atoms with van der Waals surface area (Å²) in [7, 11) is 1.68. The number of primary amides is 1. The Morgan fingerprint density at radius 1 is 0.959 bits per heavy atom. The van der Waals surface area contributed by atoms with Gasteiger partial charge >= 0.3 is 5.97 Å². The molecule has 2 saturated heterocycles. The number of nitrogens with two attached hydrogens (primary N) is 1. The number of hydrogen-bond donors (Lipinski definition) is 3. The second-order valence-corrected chi connectivity index (χ2v) is 14.4. The molecule has 1 spiro atoms. The van der Waals surface area contributed by atoms with E-state index in [-0.39, 0.29) is 18.1 Å². The summed E-state index contributed by atoms with van der Waals surface area (Å²) in [5.74, 6) is -0.508. The number of aliphatic carboxylic acids is 1. The molecule has 4 aliphatic rings. The first-order valence-corrected chi connectivity index (χ1v) is 17.7. The number of amides is 1. The number of methoxy groups -OCH3 is 1. The van der Waals surface area contributed by atoms with Gasteiger partial charge in [-0.2, -0.15) is 0 Å². The van der Waals surface area contributed by atoms with E-state index < -0.39 is 17.2 Å². The normalized spacial score (nSPS) is 21.2. The minimum absolute atomic E-state index is 0.111. The Balaban J connectivity index is 0.000000205. The number of fused-ring (bicyclic) bond motifs is 1. The van der Waals surface area contributed by atoms with E-state index in [9.17, 15) is 14.0 Å². The molecule has 264 valence electrons. The molecule has 7 rings (SSSR count). The third-order valence-corrected chi connectivity index (χ3v) is 10.7. The SMILES string of the molecule is COc1cc(CN2CCC(C)(F)CC2)ccc1-c1cccc2c(CCC(=O)O)cccc12.NC(=O)C1(NC2CCC3(CC2)OCCO3)CC1. The molecule has 10 heteroatoms. The molecule has 0 bridgehead atoms. The van der Waals surface area contributed by atoms with Gasteiger partial charge in [-0.15, -0.1) is 0 Å². The third-order valence-electron chi connectivity index (χ3n) is 10.7. The number of aryl methyl sites for hydroxylation is 1. The molecule has 0 unspecified atom stereocenters. The highest BCUT2D eigenvalue weighted by molar-refractivity contribution is 5.99. The predicted octanol–water partition coefficient (Wildman–Crippen LogP) is 6.14. The van der Waals surface area contributed by atoms with Gasteiger partial charge in [-0.25, -0.2) is 4.39 Å². The predicted molar refractivity (Wildman–Crippen MR) is 187 cm³/mol.